The molecule has 0 amide bonds. The number of benzene rings is 1. The maximum atomic E-state index is 14.3. The molecular weight excluding hydrogens is 247 g/mol. The van der Waals surface area contributed by atoms with Gasteiger partial charge in [-0.25, -0.2) is 4.39 Å². The van der Waals surface area contributed by atoms with E-state index in [1.54, 1.807) is 18.2 Å². The number of aliphatic carboxylic acids is 1. The number of rotatable bonds is 3. The zero-order valence-corrected chi connectivity index (χ0v) is 11.2. The fraction of sp³-hybridized carbons (Fsp3) is 0.533. The average Bonchev–Trinajstić information content (AvgIpc) is 2.38. The Morgan fingerprint density at radius 3 is 2.79 bits per heavy atom. The van der Waals surface area contributed by atoms with Crippen LogP contribution in [0, 0.1) is 17.7 Å². The molecule has 1 saturated carbocycles. The summed E-state index contributed by atoms with van der Waals surface area (Å²) in [7, 11) is 1.42. The largest absolute Gasteiger partial charge is 0.494 e. The lowest BCUT2D eigenvalue weighted by Gasteiger charge is -2.33. The van der Waals surface area contributed by atoms with Crippen molar-refractivity contribution in [3.05, 3.63) is 29.6 Å². The van der Waals surface area contributed by atoms with E-state index >= 15 is 0 Å². The van der Waals surface area contributed by atoms with Crippen LogP contribution in [-0.4, -0.2) is 18.2 Å². The molecule has 104 valence electrons. The first-order valence-corrected chi connectivity index (χ1v) is 6.59. The van der Waals surface area contributed by atoms with Crippen molar-refractivity contribution in [2.24, 2.45) is 11.8 Å². The van der Waals surface area contributed by atoms with Gasteiger partial charge >= 0.3 is 5.97 Å². The van der Waals surface area contributed by atoms with Gasteiger partial charge < -0.3 is 9.84 Å². The highest BCUT2D eigenvalue weighted by Gasteiger charge is 2.36. The van der Waals surface area contributed by atoms with Crippen molar-refractivity contribution in [2.75, 3.05) is 7.11 Å². The first-order chi connectivity index (χ1) is 9.04. The van der Waals surface area contributed by atoms with Crippen LogP contribution in [0.3, 0.4) is 0 Å². The summed E-state index contributed by atoms with van der Waals surface area (Å²) in [5.74, 6) is -1.42. The number of hydrogen-bond acceptors (Lipinski definition) is 2. The van der Waals surface area contributed by atoms with Gasteiger partial charge in [0.2, 0.25) is 0 Å². The number of carbonyl (C=O) groups is 1. The van der Waals surface area contributed by atoms with Crippen molar-refractivity contribution in [3.8, 4) is 5.75 Å². The molecule has 0 saturated heterocycles. The standard InChI is InChI=1S/C15H19FO3/c1-9-6-7-11(15(17)18)12(8-9)10-4-3-5-13(19-2)14(10)16/h3-5,9,11-12H,6-8H2,1-2H3,(H,17,18). The van der Waals surface area contributed by atoms with Crippen LogP contribution in [0.25, 0.3) is 0 Å². The average molecular weight is 266 g/mol. The van der Waals surface area contributed by atoms with E-state index < -0.39 is 17.7 Å². The summed E-state index contributed by atoms with van der Waals surface area (Å²) in [5.41, 5.74) is 0.471. The van der Waals surface area contributed by atoms with Crippen molar-refractivity contribution in [1.29, 1.82) is 0 Å². The molecule has 19 heavy (non-hydrogen) atoms. The first kappa shape index (κ1) is 13.8. The SMILES string of the molecule is COc1cccc(C2CC(C)CCC2C(=O)O)c1F. The lowest BCUT2D eigenvalue weighted by molar-refractivity contribution is -0.143. The van der Waals surface area contributed by atoms with Crippen molar-refractivity contribution in [1.82, 2.24) is 0 Å². The second-order valence-electron chi connectivity index (χ2n) is 5.33. The Bertz CT molecular complexity index is 472. The van der Waals surface area contributed by atoms with Gasteiger partial charge in [0.05, 0.1) is 13.0 Å². The molecule has 2 rings (SSSR count). The fourth-order valence-electron chi connectivity index (χ4n) is 2.99. The van der Waals surface area contributed by atoms with E-state index in [9.17, 15) is 14.3 Å². The summed E-state index contributed by atoms with van der Waals surface area (Å²) in [6, 6.07) is 4.95. The molecule has 3 atom stereocenters. The molecule has 1 N–H and O–H groups in total. The maximum absolute atomic E-state index is 14.3. The number of methoxy groups -OCH3 is 1. The first-order valence-electron chi connectivity index (χ1n) is 6.59. The van der Waals surface area contributed by atoms with Gasteiger partial charge in [-0.15, -0.1) is 0 Å². The van der Waals surface area contributed by atoms with E-state index in [1.165, 1.54) is 7.11 Å². The molecule has 0 aromatic heterocycles. The van der Waals surface area contributed by atoms with E-state index in [2.05, 4.69) is 6.92 Å². The predicted molar refractivity (Wildman–Crippen MR) is 69.8 cm³/mol. The summed E-state index contributed by atoms with van der Waals surface area (Å²) in [6.07, 6.45) is 2.21. The monoisotopic (exact) mass is 266 g/mol. The van der Waals surface area contributed by atoms with Crippen molar-refractivity contribution < 1.29 is 19.0 Å². The Labute approximate surface area is 112 Å². The van der Waals surface area contributed by atoms with Crippen molar-refractivity contribution in [2.45, 2.75) is 32.1 Å². The molecular formula is C15H19FO3. The normalized spacial score (nSPS) is 27.0. The summed E-state index contributed by atoms with van der Waals surface area (Å²) in [4.78, 5) is 11.4. The third-order valence-electron chi connectivity index (χ3n) is 4.04. The van der Waals surface area contributed by atoms with E-state index in [4.69, 9.17) is 4.74 Å². The lowest BCUT2D eigenvalue weighted by Crippen LogP contribution is -2.29. The molecule has 3 nitrogen and oxygen atoms in total. The second kappa shape index (κ2) is 5.59. The van der Waals surface area contributed by atoms with Gasteiger partial charge in [-0.2, -0.15) is 0 Å². The van der Waals surface area contributed by atoms with Crippen molar-refractivity contribution in [3.63, 3.8) is 0 Å². The van der Waals surface area contributed by atoms with Gasteiger partial charge in [0.1, 0.15) is 0 Å². The molecule has 1 aliphatic carbocycles. The number of halogens is 1. The topological polar surface area (TPSA) is 46.5 Å². The highest BCUT2D eigenvalue weighted by Crippen LogP contribution is 2.42. The number of carboxylic acids is 1. The summed E-state index contributed by atoms with van der Waals surface area (Å²) < 4.78 is 19.3. The number of ether oxygens (including phenoxy) is 1. The summed E-state index contributed by atoms with van der Waals surface area (Å²) in [5, 5.41) is 9.32. The van der Waals surface area contributed by atoms with Gasteiger partial charge in [0.25, 0.3) is 0 Å². The number of carboxylic acid groups (broad SMARTS) is 1. The third-order valence-corrected chi connectivity index (χ3v) is 4.04. The van der Waals surface area contributed by atoms with Crippen LogP contribution in [-0.2, 0) is 4.79 Å². The van der Waals surface area contributed by atoms with Gasteiger partial charge in [0, 0.05) is 5.92 Å². The van der Waals surface area contributed by atoms with Crippen molar-refractivity contribution >= 4 is 5.97 Å². The Hall–Kier alpha value is -1.58. The smallest absolute Gasteiger partial charge is 0.307 e. The molecule has 0 bridgehead atoms. The van der Waals surface area contributed by atoms with Crippen LogP contribution in [0.5, 0.6) is 5.75 Å². The maximum Gasteiger partial charge on any atom is 0.307 e. The highest BCUT2D eigenvalue weighted by atomic mass is 19.1. The van der Waals surface area contributed by atoms with Gasteiger partial charge in [-0.05, 0) is 36.8 Å². The summed E-state index contributed by atoms with van der Waals surface area (Å²) in [6.45, 7) is 2.09. The van der Waals surface area contributed by atoms with E-state index in [0.717, 1.165) is 6.42 Å². The van der Waals surface area contributed by atoms with Crippen LogP contribution >= 0.6 is 0 Å². The quantitative estimate of drug-likeness (QED) is 0.911. The molecule has 3 unspecified atom stereocenters. The molecule has 1 fully saturated rings. The molecule has 0 heterocycles. The Kier molecular flexibility index (Phi) is 4.08. The van der Waals surface area contributed by atoms with E-state index in [0.29, 0.717) is 24.3 Å². The highest BCUT2D eigenvalue weighted by molar-refractivity contribution is 5.71. The fourth-order valence-corrected chi connectivity index (χ4v) is 2.99. The predicted octanol–water partition coefficient (Wildman–Crippen LogP) is 3.44. The molecule has 0 aliphatic heterocycles. The second-order valence-corrected chi connectivity index (χ2v) is 5.33. The Morgan fingerprint density at radius 1 is 1.42 bits per heavy atom. The number of hydrogen-bond donors (Lipinski definition) is 1. The van der Waals surface area contributed by atoms with Crippen LogP contribution in [0.1, 0.15) is 37.7 Å². The lowest BCUT2D eigenvalue weighted by atomic mass is 9.71. The van der Waals surface area contributed by atoms with Crippen LogP contribution in [0.15, 0.2) is 18.2 Å². The van der Waals surface area contributed by atoms with Crippen LogP contribution in [0.2, 0.25) is 0 Å². The Morgan fingerprint density at radius 2 is 2.16 bits per heavy atom. The Balaban J connectivity index is 2.39. The van der Waals surface area contributed by atoms with E-state index in [1.807, 2.05) is 0 Å². The van der Waals surface area contributed by atoms with Gasteiger partial charge in [-0.3, -0.25) is 4.79 Å². The molecule has 0 spiro atoms. The van der Waals surface area contributed by atoms with Crippen LogP contribution < -0.4 is 4.74 Å². The minimum Gasteiger partial charge on any atom is -0.494 e. The van der Waals surface area contributed by atoms with Crippen LogP contribution in [0.4, 0.5) is 4.39 Å². The third kappa shape index (κ3) is 2.72. The molecule has 0 radical (unpaired) electrons. The molecule has 1 aromatic carbocycles. The zero-order valence-electron chi connectivity index (χ0n) is 11.2. The zero-order chi connectivity index (χ0) is 14.0. The minimum atomic E-state index is -0.834. The van der Waals surface area contributed by atoms with Gasteiger partial charge in [0.15, 0.2) is 11.6 Å². The minimum absolute atomic E-state index is 0.180. The van der Waals surface area contributed by atoms with E-state index in [-0.39, 0.29) is 11.7 Å². The molecule has 1 aliphatic rings. The molecule has 1 aromatic rings. The molecule has 4 heteroatoms. The summed E-state index contributed by atoms with van der Waals surface area (Å²) >= 11 is 0. The van der Waals surface area contributed by atoms with Gasteiger partial charge in [-0.1, -0.05) is 19.1 Å².